The lowest BCUT2D eigenvalue weighted by Gasteiger charge is -2.24. The highest BCUT2D eigenvalue weighted by Crippen LogP contribution is 2.23. The fourth-order valence-electron chi connectivity index (χ4n) is 1.59. The molecule has 1 unspecified atom stereocenters. The summed E-state index contributed by atoms with van der Waals surface area (Å²) in [7, 11) is -3.75. The van der Waals surface area contributed by atoms with Crippen molar-refractivity contribution in [3.63, 3.8) is 0 Å². The molecule has 0 saturated carbocycles. The van der Waals surface area contributed by atoms with Gasteiger partial charge >= 0.3 is 0 Å². The van der Waals surface area contributed by atoms with Crippen LogP contribution in [0.4, 0.5) is 13.2 Å². The number of alkyl halides is 1. The minimum absolute atomic E-state index is 0.164. The molecule has 0 aliphatic rings. The van der Waals surface area contributed by atoms with Crippen molar-refractivity contribution < 1.29 is 26.7 Å². The summed E-state index contributed by atoms with van der Waals surface area (Å²) in [5, 5.41) is 10.1. The lowest BCUT2D eigenvalue weighted by Crippen LogP contribution is -2.40. The lowest BCUT2D eigenvalue weighted by molar-refractivity contribution is 0.0588. The Hall–Kier alpha value is -1.12. The van der Waals surface area contributed by atoms with Crippen LogP contribution in [0, 0.1) is 11.6 Å². The Bertz CT molecular complexity index is 561. The average molecular weight is 311 g/mol. The van der Waals surface area contributed by atoms with Gasteiger partial charge in [-0.3, -0.25) is 4.39 Å². The van der Waals surface area contributed by atoms with Gasteiger partial charge in [0.05, 0.1) is 12.4 Å². The summed E-state index contributed by atoms with van der Waals surface area (Å²) < 4.78 is 63.2. The largest absolute Gasteiger partial charge is 0.384 e. The predicted molar refractivity (Wildman–Crippen MR) is 68.3 cm³/mol. The Morgan fingerprint density at radius 1 is 1.35 bits per heavy atom. The first-order valence-corrected chi connectivity index (χ1v) is 7.54. The third-order valence-electron chi connectivity index (χ3n) is 2.69. The molecule has 4 nitrogen and oxygen atoms in total. The van der Waals surface area contributed by atoms with Gasteiger partial charge in [-0.2, -0.15) is 0 Å². The number of nitrogens with one attached hydrogen (secondary N) is 1. The fourth-order valence-corrected chi connectivity index (χ4v) is 2.72. The van der Waals surface area contributed by atoms with Crippen LogP contribution < -0.4 is 4.72 Å². The highest BCUT2D eigenvalue weighted by Gasteiger charge is 2.28. The first-order chi connectivity index (χ1) is 9.18. The summed E-state index contributed by atoms with van der Waals surface area (Å²) in [5.41, 5.74) is -2.08. The number of benzene rings is 1. The Labute approximate surface area is 115 Å². The predicted octanol–water partition coefficient (Wildman–Crippen LogP) is 1.45. The van der Waals surface area contributed by atoms with E-state index in [1.165, 1.54) is 6.92 Å². The number of hydrogen-bond acceptors (Lipinski definition) is 3. The monoisotopic (exact) mass is 311 g/mol. The van der Waals surface area contributed by atoms with Crippen LogP contribution in [0.3, 0.4) is 0 Å². The Morgan fingerprint density at radius 3 is 2.55 bits per heavy atom. The highest BCUT2D eigenvalue weighted by atomic mass is 32.2. The highest BCUT2D eigenvalue weighted by molar-refractivity contribution is 7.89. The molecule has 1 rings (SSSR count). The van der Waals surface area contributed by atoms with Crippen molar-refractivity contribution in [1.82, 2.24) is 4.72 Å². The molecule has 0 radical (unpaired) electrons. The van der Waals surface area contributed by atoms with Crippen molar-refractivity contribution in [2.75, 3.05) is 19.0 Å². The summed E-state index contributed by atoms with van der Waals surface area (Å²) in [4.78, 5) is 0. The summed E-state index contributed by atoms with van der Waals surface area (Å²) >= 11 is 0. The average Bonchev–Trinajstić information content (AvgIpc) is 2.34. The van der Waals surface area contributed by atoms with Crippen molar-refractivity contribution in [1.29, 1.82) is 0 Å². The van der Waals surface area contributed by atoms with Crippen LogP contribution in [0.15, 0.2) is 18.2 Å². The fraction of sp³-hybridized carbons (Fsp3) is 0.500. The maximum absolute atomic E-state index is 13.5. The zero-order valence-corrected chi connectivity index (χ0v) is 11.7. The van der Waals surface area contributed by atoms with Gasteiger partial charge in [0.1, 0.15) is 17.2 Å². The van der Waals surface area contributed by atoms with Crippen LogP contribution in [-0.2, 0) is 15.6 Å². The van der Waals surface area contributed by atoms with E-state index < -0.39 is 46.2 Å². The Balaban J connectivity index is 2.79. The molecule has 1 atom stereocenters. The Morgan fingerprint density at radius 2 is 2.00 bits per heavy atom. The molecule has 0 aliphatic carbocycles. The van der Waals surface area contributed by atoms with Crippen molar-refractivity contribution in [2.24, 2.45) is 0 Å². The molecule has 0 bridgehead atoms. The van der Waals surface area contributed by atoms with Gasteiger partial charge in [-0.15, -0.1) is 0 Å². The molecule has 20 heavy (non-hydrogen) atoms. The first kappa shape index (κ1) is 16.9. The van der Waals surface area contributed by atoms with Gasteiger partial charge < -0.3 is 5.11 Å². The zero-order valence-electron chi connectivity index (χ0n) is 10.9. The molecule has 0 saturated heterocycles. The number of halogens is 3. The van der Waals surface area contributed by atoms with Crippen molar-refractivity contribution in [3.8, 4) is 0 Å². The van der Waals surface area contributed by atoms with Gasteiger partial charge in [0.25, 0.3) is 0 Å². The van der Waals surface area contributed by atoms with E-state index in [4.69, 9.17) is 0 Å². The van der Waals surface area contributed by atoms with Gasteiger partial charge in [-0.1, -0.05) is 6.07 Å². The number of hydrogen-bond donors (Lipinski definition) is 2. The molecule has 0 aliphatic heterocycles. The van der Waals surface area contributed by atoms with Crippen LogP contribution in [0.5, 0.6) is 0 Å². The summed E-state index contributed by atoms with van der Waals surface area (Å²) in [6, 6.07) is 2.60. The van der Waals surface area contributed by atoms with E-state index in [1.807, 2.05) is 0 Å². The van der Waals surface area contributed by atoms with E-state index in [-0.39, 0.29) is 12.0 Å². The minimum atomic E-state index is -3.75. The van der Waals surface area contributed by atoms with Crippen LogP contribution in [0.1, 0.15) is 18.9 Å². The molecular weight excluding hydrogens is 295 g/mol. The molecule has 0 heterocycles. The minimum Gasteiger partial charge on any atom is -0.384 e. The SMILES string of the molecule is CC(O)(CNS(=O)(=O)CCCF)c1ccc(F)cc1F. The van der Waals surface area contributed by atoms with E-state index in [2.05, 4.69) is 4.72 Å². The zero-order chi connectivity index (χ0) is 15.4. The molecule has 2 N–H and O–H groups in total. The molecule has 1 aromatic carbocycles. The summed E-state index contributed by atoms with van der Waals surface area (Å²) in [5.74, 6) is -2.20. The van der Waals surface area contributed by atoms with Crippen molar-refractivity contribution >= 4 is 10.0 Å². The molecule has 0 aromatic heterocycles. The van der Waals surface area contributed by atoms with E-state index >= 15 is 0 Å². The first-order valence-electron chi connectivity index (χ1n) is 5.89. The van der Waals surface area contributed by atoms with Crippen molar-refractivity contribution in [3.05, 3.63) is 35.4 Å². The topological polar surface area (TPSA) is 66.4 Å². The number of sulfonamides is 1. The van der Waals surface area contributed by atoms with Crippen LogP contribution in [0.25, 0.3) is 0 Å². The quantitative estimate of drug-likeness (QED) is 0.801. The second-order valence-electron chi connectivity index (χ2n) is 4.58. The van der Waals surface area contributed by atoms with Crippen LogP contribution >= 0.6 is 0 Å². The van der Waals surface area contributed by atoms with E-state index in [0.29, 0.717) is 6.07 Å². The summed E-state index contributed by atoms with van der Waals surface area (Å²) in [6.45, 7) is -0.0743. The maximum atomic E-state index is 13.5. The van der Waals surface area contributed by atoms with Gasteiger partial charge in [0.15, 0.2) is 0 Å². The lowest BCUT2D eigenvalue weighted by atomic mass is 9.96. The van der Waals surface area contributed by atoms with Gasteiger partial charge in [0.2, 0.25) is 10.0 Å². The normalized spacial score (nSPS) is 15.1. The molecule has 0 fully saturated rings. The third kappa shape index (κ3) is 4.77. The molecule has 114 valence electrons. The van der Waals surface area contributed by atoms with E-state index in [1.54, 1.807) is 0 Å². The van der Waals surface area contributed by atoms with E-state index in [0.717, 1.165) is 12.1 Å². The molecule has 0 amide bonds. The second-order valence-corrected chi connectivity index (χ2v) is 6.51. The molecular formula is C12H16F3NO3S. The molecule has 0 spiro atoms. The number of aliphatic hydroxyl groups is 1. The smallest absolute Gasteiger partial charge is 0.211 e. The Kier molecular flexibility index (Phi) is 5.55. The molecule has 1 aromatic rings. The van der Waals surface area contributed by atoms with E-state index in [9.17, 15) is 26.7 Å². The number of rotatable bonds is 7. The van der Waals surface area contributed by atoms with Gasteiger partial charge in [0, 0.05) is 18.2 Å². The standard InChI is InChI=1S/C12H16F3NO3S/c1-12(17,8-16-20(18,19)6-2-5-13)10-4-3-9(14)7-11(10)15/h3-4,7,16-17H,2,5-6,8H2,1H3. The summed E-state index contributed by atoms with van der Waals surface area (Å²) in [6.07, 6.45) is -0.164. The second kappa shape index (κ2) is 6.55. The van der Waals surface area contributed by atoms with Gasteiger partial charge in [-0.05, 0) is 19.4 Å². The maximum Gasteiger partial charge on any atom is 0.211 e. The van der Waals surface area contributed by atoms with Gasteiger partial charge in [-0.25, -0.2) is 21.9 Å². The molecule has 8 heteroatoms. The van der Waals surface area contributed by atoms with Crippen molar-refractivity contribution in [2.45, 2.75) is 18.9 Å². The third-order valence-corrected chi connectivity index (χ3v) is 4.10. The van der Waals surface area contributed by atoms with Crippen LogP contribution in [-0.4, -0.2) is 32.5 Å². The van der Waals surface area contributed by atoms with Crippen LogP contribution in [0.2, 0.25) is 0 Å².